The average Bonchev–Trinajstić information content (AvgIpc) is 3.51. The summed E-state index contributed by atoms with van der Waals surface area (Å²) in [5, 5.41) is 18.7. The largest absolute Gasteiger partial charge is 0.491 e. The van der Waals surface area contributed by atoms with Crippen LogP contribution in [0.5, 0.6) is 5.75 Å². The Morgan fingerprint density at radius 3 is 2.70 bits per heavy atom. The Morgan fingerprint density at radius 2 is 2.00 bits per heavy atom. The van der Waals surface area contributed by atoms with Crippen LogP contribution in [0.2, 0.25) is 5.02 Å². The van der Waals surface area contributed by atoms with Gasteiger partial charge in [0.1, 0.15) is 30.0 Å². The molecule has 0 aliphatic carbocycles. The van der Waals surface area contributed by atoms with Gasteiger partial charge in [-0.1, -0.05) is 16.8 Å². The van der Waals surface area contributed by atoms with E-state index in [0.29, 0.717) is 41.0 Å². The van der Waals surface area contributed by atoms with E-state index in [1.54, 1.807) is 30.5 Å². The molecule has 1 aliphatic rings. The molecule has 1 aliphatic heterocycles. The van der Waals surface area contributed by atoms with E-state index in [-0.39, 0.29) is 6.61 Å². The number of anilines is 1. The molecular weight excluding hydrogens is 512 g/mol. The summed E-state index contributed by atoms with van der Waals surface area (Å²) in [6.45, 7) is 9.84. The molecule has 0 amide bonds. The van der Waals surface area contributed by atoms with Gasteiger partial charge in [0.2, 0.25) is 0 Å². The van der Waals surface area contributed by atoms with Gasteiger partial charge in [-0.2, -0.15) is 0 Å². The number of hydrogen-bond acceptors (Lipinski definition) is 10. The maximum absolute atomic E-state index is 10.0. The lowest BCUT2D eigenvalue weighted by molar-refractivity contribution is 0.108. The maximum Gasteiger partial charge on any atom is 0.163 e. The van der Waals surface area contributed by atoms with Crippen LogP contribution in [0, 0.1) is 27.7 Å². The molecule has 1 atom stereocenters. The van der Waals surface area contributed by atoms with Crippen molar-refractivity contribution in [1.29, 1.82) is 0 Å². The second kappa shape index (κ2) is 10.4. The highest BCUT2D eigenvalue weighted by atomic mass is 35.5. The lowest BCUT2D eigenvalue weighted by atomic mass is 10.0. The predicted octanol–water partition coefficient (Wildman–Crippen LogP) is 4.62. The van der Waals surface area contributed by atoms with Crippen molar-refractivity contribution in [2.75, 3.05) is 25.1 Å². The fourth-order valence-corrected chi connectivity index (χ4v) is 5.73. The van der Waals surface area contributed by atoms with Crippen LogP contribution in [0.4, 0.5) is 5.82 Å². The van der Waals surface area contributed by atoms with Crippen molar-refractivity contribution in [2.45, 2.75) is 46.9 Å². The van der Waals surface area contributed by atoms with E-state index in [1.807, 2.05) is 33.8 Å². The molecule has 0 fully saturated rings. The lowest BCUT2D eigenvalue weighted by Gasteiger charge is -2.22. The van der Waals surface area contributed by atoms with Crippen molar-refractivity contribution in [3.63, 3.8) is 0 Å². The summed E-state index contributed by atoms with van der Waals surface area (Å²) in [5.74, 6) is 2.55. The number of aromatic nitrogens is 4. The average molecular weight is 541 g/mol. The van der Waals surface area contributed by atoms with Crippen LogP contribution in [0.15, 0.2) is 22.7 Å². The van der Waals surface area contributed by atoms with E-state index in [1.165, 1.54) is 4.88 Å². The van der Waals surface area contributed by atoms with Gasteiger partial charge in [-0.3, -0.25) is 0 Å². The first-order valence-corrected chi connectivity index (χ1v) is 13.2. The molecule has 2 N–H and O–H groups in total. The molecule has 3 aromatic heterocycles. The number of aryl methyl sites for hydroxylation is 3. The molecule has 0 saturated heterocycles. The minimum atomic E-state index is -0.633. The Kier molecular flexibility index (Phi) is 7.17. The first-order chi connectivity index (χ1) is 17.7. The predicted molar refractivity (Wildman–Crippen MR) is 144 cm³/mol. The highest BCUT2D eigenvalue weighted by Crippen LogP contribution is 2.39. The van der Waals surface area contributed by atoms with Gasteiger partial charge in [-0.15, -0.1) is 11.3 Å². The molecular formula is C26H29ClN6O3S. The van der Waals surface area contributed by atoms with Crippen LogP contribution in [0.1, 0.15) is 32.6 Å². The highest BCUT2D eigenvalue weighted by molar-refractivity contribution is 7.11. The normalized spacial score (nSPS) is 13.8. The number of halogens is 1. The third-order valence-electron chi connectivity index (χ3n) is 6.31. The number of nitrogens with zero attached hydrogens (tertiary/aromatic N) is 5. The van der Waals surface area contributed by atoms with Gasteiger partial charge in [0.25, 0.3) is 0 Å². The highest BCUT2D eigenvalue weighted by Gasteiger charge is 2.29. The van der Waals surface area contributed by atoms with E-state index in [0.717, 1.165) is 45.6 Å². The number of nitrogens with one attached hydrogen (secondary N) is 1. The van der Waals surface area contributed by atoms with Crippen LogP contribution < -0.4 is 15.0 Å². The molecule has 4 aromatic rings. The Labute approximate surface area is 224 Å². The van der Waals surface area contributed by atoms with Crippen molar-refractivity contribution in [2.24, 2.45) is 0 Å². The maximum atomic E-state index is 10.0. The van der Waals surface area contributed by atoms with Crippen molar-refractivity contribution < 1.29 is 14.4 Å². The molecule has 0 radical (unpaired) electrons. The number of hydrogen-bond donors (Lipinski definition) is 2. The second-order valence-electron chi connectivity index (χ2n) is 9.17. The summed E-state index contributed by atoms with van der Waals surface area (Å²) in [4.78, 5) is 18.1. The van der Waals surface area contributed by atoms with E-state index >= 15 is 0 Å². The topological polar surface area (TPSA) is 109 Å². The first-order valence-electron chi connectivity index (χ1n) is 12.0. The number of fused-ring (bicyclic) bond motifs is 1. The zero-order valence-corrected chi connectivity index (χ0v) is 23.0. The van der Waals surface area contributed by atoms with E-state index in [2.05, 4.69) is 15.4 Å². The van der Waals surface area contributed by atoms with Crippen LogP contribution in [-0.4, -0.2) is 51.5 Å². The number of likely N-dealkylation sites (N-methyl/N-ethyl adjacent to an activating group) is 1. The Hall–Kier alpha value is -3.05. The Balaban J connectivity index is 1.59. The standard InChI is InChI=1S/C26H29ClN6O3S/c1-13-24(23-14(2)32-36-15(23)3)30-25(31-26(13)33-10-21-22(11-33)37-16(4)29-21)19-8-18(6-7-20(19)27)35-12-17(34)9-28-5/h6-8,17,28,34H,9-12H2,1-5H3. The van der Waals surface area contributed by atoms with Gasteiger partial charge in [-0.25, -0.2) is 15.0 Å². The van der Waals surface area contributed by atoms with Gasteiger partial charge in [-0.05, 0) is 52.9 Å². The molecule has 1 unspecified atom stereocenters. The number of aliphatic hydroxyl groups is 1. The summed E-state index contributed by atoms with van der Waals surface area (Å²) >= 11 is 8.38. The zero-order chi connectivity index (χ0) is 26.3. The van der Waals surface area contributed by atoms with Gasteiger partial charge in [0.05, 0.1) is 45.8 Å². The van der Waals surface area contributed by atoms with Crippen molar-refractivity contribution in [3.05, 3.63) is 55.8 Å². The molecule has 1 aromatic carbocycles. The third-order valence-corrected chi connectivity index (χ3v) is 7.64. The molecule has 37 heavy (non-hydrogen) atoms. The third kappa shape index (κ3) is 5.06. The number of rotatable bonds is 8. The number of thiazole rings is 1. The Bertz CT molecular complexity index is 1410. The molecule has 11 heteroatoms. The van der Waals surface area contributed by atoms with Gasteiger partial charge < -0.3 is 24.6 Å². The van der Waals surface area contributed by atoms with Crippen molar-refractivity contribution in [3.8, 4) is 28.4 Å². The summed E-state index contributed by atoms with van der Waals surface area (Å²) in [6.07, 6.45) is -0.633. The Morgan fingerprint density at radius 1 is 1.19 bits per heavy atom. The SMILES string of the molecule is CNCC(O)COc1ccc(Cl)c(-c2nc(-c3c(C)noc3C)c(C)c(N3Cc4nc(C)sc4C3)n2)c1. The minimum Gasteiger partial charge on any atom is -0.491 e. The van der Waals surface area contributed by atoms with E-state index in [4.69, 9.17) is 35.8 Å². The fourth-order valence-electron chi connectivity index (χ4n) is 4.57. The molecule has 9 nitrogen and oxygen atoms in total. The summed E-state index contributed by atoms with van der Waals surface area (Å²) in [5.41, 5.74) is 5.03. The minimum absolute atomic E-state index is 0.148. The van der Waals surface area contributed by atoms with Crippen LogP contribution in [0.3, 0.4) is 0 Å². The summed E-state index contributed by atoms with van der Waals surface area (Å²) in [7, 11) is 1.78. The molecule has 0 saturated carbocycles. The summed E-state index contributed by atoms with van der Waals surface area (Å²) < 4.78 is 11.3. The van der Waals surface area contributed by atoms with E-state index < -0.39 is 6.10 Å². The van der Waals surface area contributed by atoms with Gasteiger partial charge >= 0.3 is 0 Å². The zero-order valence-electron chi connectivity index (χ0n) is 21.4. The monoisotopic (exact) mass is 540 g/mol. The summed E-state index contributed by atoms with van der Waals surface area (Å²) in [6, 6.07) is 5.34. The van der Waals surface area contributed by atoms with E-state index in [9.17, 15) is 5.11 Å². The second-order valence-corrected chi connectivity index (χ2v) is 10.9. The van der Waals surface area contributed by atoms with Crippen molar-refractivity contribution >= 4 is 28.8 Å². The smallest absolute Gasteiger partial charge is 0.163 e. The lowest BCUT2D eigenvalue weighted by Crippen LogP contribution is -2.29. The first kappa shape index (κ1) is 25.6. The van der Waals surface area contributed by atoms with Crippen molar-refractivity contribution in [1.82, 2.24) is 25.4 Å². The van der Waals surface area contributed by atoms with Gasteiger partial charge in [0.15, 0.2) is 5.82 Å². The number of benzene rings is 1. The van der Waals surface area contributed by atoms with Gasteiger partial charge in [0, 0.05) is 22.5 Å². The van der Waals surface area contributed by atoms with Crippen LogP contribution in [0.25, 0.3) is 22.6 Å². The molecule has 5 rings (SSSR count). The molecule has 194 valence electrons. The van der Waals surface area contributed by atoms with Crippen LogP contribution >= 0.6 is 22.9 Å². The molecule has 0 bridgehead atoms. The number of ether oxygens (including phenoxy) is 1. The quantitative estimate of drug-likeness (QED) is 0.331. The number of aliphatic hydroxyl groups excluding tert-OH is 1. The van der Waals surface area contributed by atoms with Crippen LogP contribution in [-0.2, 0) is 13.1 Å². The fraction of sp³-hybridized carbons (Fsp3) is 0.385. The molecule has 0 spiro atoms. The molecule has 4 heterocycles.